The quantitative estimate of drug-likeness (QED) is 0.583. The summed E-state index contributed by atoms with van der Waals surface area (Å²) in [6, 6.07) is 12.8. The number of ether oxygens (including phenoxy) is 1. The summed E-state index contributed by atoms with van der Waals surface area (Å²) in [6.07, 6.45) is -0.244. The smallest absolute Gasteiger partial charge is 0.238 e. The fourth-order valence-electron chi connectivity index (χ4n) is 3.33. The molecule has 0 bridgehead atoms. The second-order valence-corrected chi connectivity index (χ2v) is 8.55. The number of hydrogen-bond donors (Lipinski definition) is 2. The van der Waals surface area contributed by atoms with Crippen LogP contribution in [0.15, 0.2) is 58.4 Å². The van der Waals surface area contributed by atoms with Gasteiger partial charge in [-0.1, -0.05) is 24.3 Å². The Morgan fingerprint density at radius 1 is 1.28 bits per heavy atom. The van der Waals surface area contributed by atoms with Crippen LogP contribution in [0.1, 0.15) is 24.2 Å². The average molecular weight is 421 g/mol. The average Bonchev–Trinajstić information content (AvgIpc) is 2.68. The second-order valence-electron chi connectivity index (χ2n) is 6.99. The molecular weight excluding hydrogens is 395 g/mol. The zero-order valence-electron chi connectivity index (χ0n) is 16.4. The van der Waals surface area contributed by atoms with Gasteiger partial charge in [-0.25, -0.2) is 17.9 Å². The molecule has 0 amide bonds. The van der Waals surface area contributed by atoms with Crippen molar-refractivity contribution in [3.05, 3.63) is 65.5 Å². The number of nitrogens with zero attached hydrogens (tertiary/aromatic N) is 2. The van der Waals surface area contributed by atoms with Gasteiger partial charge in [-0.2, -0.15) is 0 Å². The standard InChI is InChI=1S/C20H25FN4O3S/c1-14-12-25(13-19(28-14)16-6-8-17(21)9-7-16)20(23-2)24-11-15-4-3-5-18(10-15)29(22,26)27/h3-10,14,19H,11-13H2,1-2H3,(H,23,24)(H2,22,26,27). The Morgan fingerprint density at radius 2 is 2.00 bits per heavy atom. The SMILES string of the molecule is CN=C(NCc1cccc(S(N)(=O)=O)c1)N1CC(C)OC(c2ccc(F)cc2)C1. The molecular formula is C20H25FN4O3S. The van der Waals surface area contributed by atoms with E-state index in [-0.39, 0.29) is 22.9 Å². The molecule has 1 aliphatic heterocycles. The van der Waals surface area contributed by atoms with Crippen molar-refractivity contribution in [1.82, 2.24) is 10.2 Å². The Hall–Kier alpha value is -2.49. The summed E-state index contributed by atoms with van der Waals surface area (Å²) in [6.45, 7) is 3.58. The van der Waals surface area contributed by atoms with Gasteiger partial charge < -0.3 is 15.0 Å². The lowest BCUT2D eigenvalue weighted by Crippen LogP contribution is -2.50. The minimum absolute atomic E-state index is 0.0388. The summed E-state index contributed by atoms with van der Waals surface area (Å²) in [5, 5.41) is 8.46. The normalized spacial score (nSPS) is 20.6. The largest absolute Gasteiger partial charge is 0.367 e. The lowest BCUT2D eigenvalue weighted by molar-refractivity contribution is -0.0605. The molecule has 1 heterocycles. The van der Waals surface area contributed by atoms with E-state index in [0.717, 1.165) is 11.1 Å². The van der Waals surface area contributed by atoms with Gasteiger partial charge in [0.1, 0.15) is 11.9 Å². The van der Waals surface area contributed by atoms with E-state index in [0.29, 0.717) is 25.6 Å². The number of aliphatic imine (C=N–C) groups is 1. The highest BCUT2D eigenvalue weighted by atomic mass is 32.2. The molecule has 3 N–H and O–H groups in total. The number of hydrogen-bond acceptors (Lipinski definition) is 4. The van der Waals surface area contributed by atoms with Crippen LogP contribution >= 0.6 is 0 Å². The van der Waals surface area contributed by atoms with Gasteiger partial charge in [0.25, 0.3) is 0 Å². The second kappa shape index (κ2) is 8.89. The highest BCUT2D eigenvalue weighted by Crippen LogP contribution is 2.25. The molecule has 156 valence electrons. The van der Waals surface area contributed by atoms with E-state index in [4.69, 9.17) is 9.88 Å². The minimum atomic E-state index is -3.75. The third-order valence-electron chi connectivity index (χ3n) is 4.69. The Balaban J connectivity index is 1.70. The lowest BCUT2D eigenvalue weighted by Gasteiger charge is -2.38. The molecule has 0 radical (unpaired) electrons. The Labute approximate surface area is 170 Å². The maximum absolute atomic E-state index is 13.2. The minimum Gasteiger partial charge on any atom is -0.367 e. The Morgan fingerprint density at radius 3 is 2.66 bits per heavy atom. The first kappa shape index (κ1) is 21.2. The van der Waals surface area contributed by atoms with Crippen LogP contribution in [0.25, 0.3) is 0 Å². The topological polar surface area (TPSA) is 97.0 Å². The van der Waals surface area contributed by atoms with Crippen molar-refractivity contribution in [1.29, 1.82) is 0 Å². The number of sulfonamides is 1. The van der Waals surface area contributed by atoms with E-state index in [1.54, 1.807) is 31.3 Å². The van der Waals surface area contributed by atoms with Crippen molar-refractivity contribution >= 4 is 16.0 Å². The molecule has 7 nitrogen and oxygen atoms in total. The summed E-state index contributed by atoms with van der Waals surface area (Å²) in [4.78, 5) is 6.50. The lowest BCUT2D eigenvalue weighted by atomic mass is 10.1. The van der Waals surface area contributed by atoms with E-state index in [9.17, 15) is 12.8 Å². The van der Waals surface area contributed by atoms with Gasteiger partial charge in [-0.15, -0.1) is 0 Å². The van der Waals surface area contributed by atoms with E-state index >= 15 is 0 Å². The van der Waals surface area contributed by atoms with Gasteiger partial charge in [-0.3, -0.25) is 4.99 Å². The molecule has 0 aromatic heterocycles. The summed E-state index contributed by atoms with van der Waals surface area (Å²) in [5.41, 5.74) is 1.67. The van der Waals surface area contributed by atoms with Crippen molar-refractivity contribution in [3.8, 4) is 0 Å². The van der Waals surface area contributed by atoms with Crippen LogP contribution < -0.4 is 10.5 Å². The van der Waals surface area contributed by atoms with Crippen molar-refractivity contribution < 1.29 is 17.5 Å². The van der Waals surface area contributed by atoms with Gasteiger partial charge in [0.05, 0.1) is 17.5 Å². The summed E-state index contributed by atoms with van der Waals surface area (Å²) in [5.74, 6) is 0.391. The van der Waals surface area contributed by atoms with Crippen LogP contribution in [-0.4, -0.2) is 45.5 Å². The van der Waals surface area contributed by atoms with Crippen LogP contribution in [0.4, 0.5) is 4.39 Å². The van der Waals surface area contributed by atoms with E-state index in [2.05, 4.69) is 15.2 Å². The van der Waals surface area contributed by atoms with Gasteiger partial charge in [0.15, 0.2) is 5.96 Å². The molecule has 0 spiro atoms. The highest BCUT2D eigenvalue weighted by Gasteiger charge is 2.28. The van der Waals surface area contributed by atoms with E-state index in [1.165, 1.54) is 18.2 Å². The molecule has 2 aromatic rings. The predicted molar refractivity (Wildman–Crippen MR) is 109 cm³/mol. The van der Waals surface area contributed by atoms with Crippen LogP contribution in [0, 0.1) is 5.82 Å². The molecule has 2 atom stereocenters. The number of halogens is 1. The Bertz CT molecular complexity index is 979. The van der Waals surface area contributed by atoms with Crippen LogP contribution in [-0.2, 0) is 21.3 Å². The van der Waals surface area contributed by atoms with Crippen LogP contribution in [0.5, 0.6) is 0 Å². The molecule has 0 saturated carbocycles. The molecule has 1 fully saturated rings. The predicted octanol–water partition coefficient (Wildman–Crippen LogP) is 2.01. The van der Waals surface area contributed by atoms with Gasteiger partial charge >= 0.3 is 0 Å². The number of nitrogens with one attached hydrogen (secondary N) is 1. The maximum atomic E-state index is 13.2. The number of guanidine groups is 1. The van der Waals surface area contributed by atoms with Crippen LogP contribution in [0.3, 0.4) is 0 Å². The molecule has 3 rings (SSSR count). The van der Waals surface area contributed by atoms with E-state index < -0.39 is 10.0 Å². The zero-order chi connectivity index (χ0) is 21.0. The number of nitrogens with two attached hydrogens (primary N) is 1. The molecule has 0 aliphatic carbocycles. The first-order valence-electron chi connectivity index (χ1n) is 9.24. The van der Waals surface area contributed by atoms with Gasteiger partial charge in [-0.05, 0) is 42.3 Å². The molecule has 1 aliphatic rings. The number of rotatable bonds is 4. The summed E-state index contributed by atoms with van der Waals surface area (Å²) < 4.78 is 42.3. The third-order valence-corrected chi connectivity index (χ3v) is 5.60. The monoisotopic (exact) mass is 420 g/mol. The van der Waals surface area contributed by atoms with Crippen molar-refractivity contribution in [2.45, 2.75) is 30.6 Å². The maximum Gasteiger partial charge on any atom is 0.238 e. The molecule has 2 aromatic carbocycles. The first-order chi connectivity index (χ1) is 13.8. The fourth-order valence-corrected chi connectivity index (χ4v) is 3.92. The molecule has 9 heteroatoms. The van der Waals surface area contributed by atoms with Crippen molar-refractivity contribution in [2.24, 2.45) is 10.1 Å². The van der Waals surface area contributed by atoms with Gasteiger partial charge in [0, 0.05) is 20.1 Å². The third kappa shape index (κ3) is 5.53. The number of benzene rings is 2. The van der Waals surface area contributed by atoms with E-state index in [1.807, 2.05) is 13.0 Å². The molecule has 1 saturated heterocycles. The van der Waals surface area contributed by atoms with Crippen molar-refractivity contribution in [2.75, 3.05) is 20.1 Å². The highest BCUT2D eigenvalue weighted by molar-refractivity contribution is 7.89. The number of morpholine rings is 1. The Kier molecular flexibility index (Phi) is 6.51. The number of primary sulfonamides is 1. The summed E-state index contributed by atoms with van der Waals surface area (Å²) in [7, 11) is -2.06. The molecule has 2 unspecified atom stereocenters. The molecule has 29 heavy (non-hydrogen) atoms. The summed E-state index contributed by atoms with van der Waals surface area (Å²) >= 11 is 0. The first-order valence-corrected chi connectivity index (χ1v) is 10.8. The van der Waals surface area contributed by atoms with Crippen LogP contribution in [0.2, 0.25) is 0 Å². The zero-order valence-corrected chi connectivity index (χ0v) is 17.2. The van der Waals surface area contributed by atoms with Gasteiger partial charge in [0.2, 0.25) is 10.0 Å². The van der Waals surface area contributed by atoms with Crippen molar-refractivity contribution in [3.63, 3.8) is 0 Å². The fraction of sp³-hybridized carbons (Fsp3) is 0.350.